The first-order valence-electron chi connectivity index (χ1n) is 6.10. The molecule has 0 amide bonds. The van der Waals surface area contributed by atoms with Gasteiger partial charge in [0.05, 0.1) is 18.7 Å². The third-order valence-electron chi connectivity index (χ3n) is 3.16. The lowest BCUT2D eigenvalue weighted by molar-refractivity contribution is 0.192. The van der Waals surface area contributed by atoms with Crippen molar-refractivity contribution in [2.75, 3.05) is 19.0 Å². The summed E-state index contributed by atoms with van der Waals surface area (Å²) >= 11 is 1.85. The minimum atomic E-state index is 0.278. The second kappa shape index (κ2) is 4.96. The highest BCUT2D eigenvalue weighted by molar-refractivity contribution is 8.13. The molecule has 16 heavy (non-hydrogen) atoms. The van der Waals surface area contributed by atoms with Gasteiger partial charge in [-0.25, -0.2) is 0 Å². The van der Waals surface area contributed by atoms with Crippen molar-refractivity contribution < 1.29 is 4.74 Å². The lowest BCUT2D eigenvalue weighted by Crippen LogP contribution is -2.38. The van der Waals surface area contributed by atoms with Crippen LogP contribution in [0.15, 0.2) is 4.99 Å². The molecule has 1 N–H and O–H groups in total. The van der Waals surface area contributed by atoms with Crippen LogP contribution < -0.4 is 5.32 Å². The molecule has 0 bridgehead atoms. The Labute approximate surface area is 102 Å². The normalized spacial score (nSPS) is 31.3. The molecule has 1 fully saturated rings. The van der Waals surface area contributed by atoms with Gasteiger partial charge in [-0.1, -0.05) is 32.5 Å². The van der Waals surface area contributed by atoms with Gasteiger partial charge in [-0.15, -0.1) is 0 Å². The Morgan fingerprint density at radius 1 is 1.38 bits per heavy atom. The van der Waals surface area contributed by atoms with Gasteiger partial charge in [0, 0.05) is 12.4 Å². The summed E-state index contributed by atoms with van der Waals surface area (Å²) in [7, 11) is 0. The van der Waals surface area contributed by atoms with Gasteiger partial charge in [-0.2, -0.15) is 0 Å². The van der Waals surface area contributed by atoms with Gasteiger partial charge in [0.25, 0.3) is 0 Å². The van der Waals surface area contributed by atoms with E-state index in [0.29, 0.717) is 12.1 Å². The molecule has 3 nitrogen and oxygen atoms in total. The smallest absolute Gasteiger partial charge is 0.157 e. The molecule has 2 aliphatic heterocycles. The van der Waals surface area contributed by atoms with Crippen LogP contribution in [-0.2, 0) is 4.74 Å². The summed E-state index contributed by atoms with van der Waals surface area (Å²) in [5, 5.41) is 4.63. The Bertz CT molecular complexity index is 267. The first-order valence-corrected chi connectivity index (χ1v) is 7.09. The number of rotatable bonds is 1. The van der Waals surface area contributed by atoms with E-state index >= 15 is 0 Å². The summed E-state index contributed by atoms with van der Waals surface area (Å²) in [5.74, 6) is 1.18. The summed E-state index contributed by atoms with van der Waals surface area (Å²) < 4.78 is 5.37. The summed E-state index contributed by atoms with van der Waals surface area (Å²) in [5.41, 5.74) is 0.278. The third kappa shape index (κ3) is 3.14. The fourth-order valence-electron chi connectivity index (χ4n) is 2.04. The predicted molar refractivity (Wildman–Crippen MR) is 70.1 cm³/mol. The van der Waals surface area contributed by atoms with Crippen LogP contribution in [-0.4, -0.2) is 36.2 Å². The summed E-state index contributed by atoms with van der Waals surface area (Å²) in [6.45, 7) is 8.53. The van der Waals surface area contributed by atoms with Crippen LogP contribution in [0.3, 0.4) is 0 Å². The maximum atomic E-state index is 5.37. The van der Waals surface area contributed by atoms with Crippen LogP contribution in [0.5, 0.6) is 0 Å². The fourth-order valence-corrected chi connectivity index (χ4v) is 3.03. The number of nitrogens with one attached hydrogen (secondary N) is 1. The summed E-state index contributed by atoms with van der Waals surface area (Å²) in [6.07, 6.45) is 2.31. The van der Waals surface area contributed by atoms with Crippen LogP contribution in [0.2, 0.25) is 0 Å². The third-order valence-corrected chi connectivity index (χ3v) is 4.10. The summed E-state index contributed by atoms with van der Waals surface area (Å²) in [6, 6.07) is 0.934. The molecule has 0 aliphatic carbocycles. The van der Waals surface area contributed by atoms with E-state index in [0.717, 1.165) is 24.8 Å². The second-order valence-corrected chi connectivity index (χ2v) is 6.74. The molecule has 0 spiro atoms. The first-order chi connectivity index (χ1) is 7.55. The molecule has 1 saturated heterocycles. The molecule has 92 valence electrons. The monoisotopic (exact) mass is 242 g/mol. The number of thioether (sulfide) groups is 1. The average Bonchev–Trinajstić information content (AvgIpc) is 2.70. The van der Waals surface area contributed by atoms with E-state index in [1.54, 1.807) is 0 Å². The van der Waals surface area contributed by atoms with Crippen LogP contribution in [0.4, 0.5) is 0 Å². The van der Waals surface area contributed by atoms with E-state index in [4.69, 9.17) is 9.73 Å². The first kappa shape index (κ1) is 12.2. The molecule has 4 heteroatoms. The van der Waals surface area contributed by atoms with E-state index in [2.05, 4.69) is 26.1 Å². The molecular weight excluding hydrogens is 220 g/mol. The molecule has 0 aromatic heterocycles. The quantitative estimate of drug-likeness (QED) is 0.766. The zero-order valence-corrected chi connectivity index (χ0v) is 11.3. The maximum absolute atomic E-state index is 5.37. The van der Waals surface area contributed by atoms with E-state index in [9.17, 15) is 0 Å². The standard InChI is InChI=1S/C12H22N2OS/c1-12(2,3)10-5-7-16-11(14-10)13-9-4-6-15-8-9/h9-10H,4-8H2,1-3H3,(H,13,14). The van der Waals surface area contributed by atoms with Crippen molar-refractivity contribution in [1.82, 2.24) is 5.32 Å². The van der Waals surface area contributed by atoms with Gasteiger partial charge in [-0.05, 0) is 18.3 Å². The zero-order valence-electron chi connectivity index (χ0n) is 10.5. The number of ether oxygens (including phenoxy) is 1. The molecule has 2 atom stereocenters. The van der Waals surface area contributed by atoms with E-state index in [1.807, 2.05) is 11.8 Å². The van der Waals surface area contributed by atoms with Crippen molar-refractivity contribution in [3.05, 3.63) is 0 Å². The number of hydrogen-bond acceptors (Lipinski definition) is 4. The topological polar surface area (TPSA) is 33.6 Å². The van der Waals surface area contributed by atoms with E-state index < -0.39 is 0 Å². The van der Waals surface area contributed by atoms with Gasteiger partial charge < -0.3 is 10.1 Å². The maximum Gasteiger partial charge on any atom is 0.157 e. The average molecular weight is 242 g/mol. The molecule has 0 aromatic rings. The van der Waals surface area contributed by atoms with Crippen LogP contribution >= 0.6 is 11.8 Å². The van der Waals surface area contributed by atoms with Crippen molar-refractivity contribution in [2.24, 2.45) is 10.4 Å². The molecule has 2 aliphatic rings. The predicted octanol–water partition coefficient (Wildman–Crippen LogP) is 2.27. The lowest BCUT2D eigenvalue weighted by Gasteiger charge is -2.31. The SMILES string of the molecule is CC(C)(C)C1CCSC(NC2CCOC2)=N1. The van der Waals surface area contributed by atoms with Crippen LogP contribution in [0.1, 0.15) is 33.6 Å². The number of nitrogens with zero attached hydrogens (tertiary/aromatic N) is 1. The van der Waals surface area contributed by atoms with Gasteiger partial charge >= 0.3 is 0 Å². The van der Waals surface area contributed by atoms with E-state index in [1.165, 1.54) is 12.2 Å². The highest BCUT2D eigenvalue weighted by Gasteiger charge is 2.28. The van der Waals surface area contributed by atoms with Crippen molar-refractivity contribution in [3.63, 3.8) is 0 Å². The minimum absolute atomic E-state index is 0.278. The van der Waals surface area contributed by atoms with Crippen LogP contribution in [0.25, 0.3) is 0 Å². The van der Waals surface area contributed by atoms with Gasteiger partial charge in [-0.3, -0.25) is 4.99 Å². The van der Waals surface area contributed by atoms with Gasteiger partial charge in [0.2, 0.25) is 0 Å². The summed E-state index contributed by atoms with van der Waals surface area (Å²) in [4.78, 5) is 4.83. The second-order valence-electron chi connectivity index (χ2n) is 5.66. The van der Waals surface area contributed by atoms with Crippen molar-refractivity contribution >= 4 is 16.9 Å². The minimum Gasteiger partial charge on any atom is -0.379 e. The molecule has 2 rings (SSSR count). The molecule has 0 aromatic carbocycles. The fraction of sp³-hybridized carbons (Fsp3) is 0.917. The van der Waals surface area contributed by atoms with Gasteiger partial charge in [0.15, 0.2) is 5.17 Å². The Kier molecular flexibility index (Phi) is 3.80. The number of amidine groups is 1. The van der Waals surface area contributed by atoms with Crippen molar-refractivity contribution in [1.29, 1.82) is 0 Å². The molecule has 2 heterocycles. The molecular formula is C12H22N2OS. The molecule has 0 saturated carbocycles. The Morgan fingerprint density at radius 3 is 2.81 bits per heavy atom. The van der Waals surface area contributed by atoms with Gasteiger partial charge in [0.1, 0.15) is 0 Å². The highest BCUT2D eigenvalue weighted by Crippen LogP contribution is 2.30. The Morgan fingerprint density at radius 2 is 2.19 bits per heavy atom. The Hall–Kier alpha value is -0.220. The van der Waals surface area contributed by atoms with Crippen LogP contribution in [0, 0.1) is 5.41 Å². The highest BCUT2D eigenvalue weighted by atomic mass is 32.2. The largest absolute Gasteiger partial charge is 0.379 e. The van der Waals surface area contributed by atoms with E-state index in [-0.39, 0.29) is 5.41 Å². The number of aliphatic imine (C=N–C) groups is 1. The Balaban J connectivity index is 1.95. The van der Waals surface area contributed by atoms with Crippen molar-refractivity contribution in [2.45, 2.75) is 45.7 Å². The lowest BCUT2D eigenvalue weighted by atomic mass is 9.85. The molecule has 2 unspecified atom stereocenters. The molecule has 0 radical (unpaired) electrons. The van der Waals surface area contributed by atoms with Crippen molar-refractivity contribution in [3.8, 4) is 0 Å². The number of hydrogen-bond donors (Lipinski definition) is 1. The zero-order chi connectivity index (χ0) is 11.6.